The van der Waals surface area contributed by atoms with Gasteiger partial charge in [0.15, 0.2) is 5.79 Å². The predicted molar refractivity (Wildman–Crippen MR) is 98.2 cm³/mol. The molecule has 0 unspecified atom stereocenters. The predicted octanol–water partition coefficient (Wildman–Crippen LogP) is 1.40. The van der Waals surface area contributed by atoms with Gasteiger partial charge in [0.05, 0.1) is 17.9 Å². The second-order valence-electron chi connectivity index (χ2n) is 7.80. The minimum atomic E-state index is -3.50. The molecule has 0 amide bonds. The number of anilines is 1. The normalized spacial score (nSPS) is 30.4. The first-order valence-corrected chi connectivity index (χ1v) is 10.6. The molecule has 0 bridgehead atoms. The fourth-order valence-electron chi connectivity index (χ4n) is 3.91. The van der Waals surface area contributed by atoms with Gasteiger partial charge in [-0.3, -0.25) is 0 Å². The fourth-order valence-corrected chi connectivity index (χ4v) is 4.54. The Morgan fingerprint density at radius 1 is 1.19 bits per heavy atom. The number of hydrogen-bond acceptors (Lipinski definition) is 7. The second kappa shape index (κ2) is 6.70. The molecule has 0 radical (unpaired) electrons. The number of hydrogen-bond donors (Lipinski definition) is 2. The number of sulfonamides is 1. The van der Waals surface area contributed by atoms with Crippen LogP contribution in [0.4, 0.5) is 5.82 Å². The summed E-state index contributed by atoms with van der Waals surface area (Å²) < 4.78 is 34.9. The molecule has 1 aromatic heterocycles. The molecule has 1 aliphatic heterocycles. The molecule has 1 aromatic rings. The van der Waals surface area contributed by atoms with Crippen molar-refractivity contribution in [3.05, 3.63) is 17.1 Å². The van der Waals surface area contributed by atoms with Crippen molar-refractivity contribution >= 4 is 15.8 Å². The zero-order valence-electron chi connectivity index (χ0n) is 15.9. The number of nitrogens with zero attached hydrogens (tertiary/aromatic N) is 2. The molecular weight excluding hydrogens is 356 g/mol. The Hall–Kier alpha value is -1.29. The van der Waals surface area contributed by atoms with Crippen LogP contribution in [0.2, 0.25) is 0 Å². The zero-order chi connectivity index (χ0) is 19.3. The fraction of sp³-hybridized carbons (Fsp3) is 0.765. The van der Waals surface area contributed by atoms with E-state index in [1.807, 2.05) is 34.6 Å². The lowest BCUT2D eigenvalue weighted by Gasteiger charge is -2.25. The SMILES string of the molecule is Cc1nc(C)c(C)c(N[C@@H]2C[C@H](CCS(N)(=O)=O)[C@H]3OC(C)(C)O[C@H]32)n1. The van der Waals surface area contributed by atoms with Gasteiger partial charge in [-0.25, -0.2) is 23.5 Å². The Labute approximate surface area is 154 Å². The van der Waals surface area contributed by atoms with E-state index >= 15 is 0 Å². The molecule has 3 N–H and O–H groups in total. The number of aryl methyl sites for hydroxylation is 2. The number of rotatable bonds is 5. The molecule has 146 valence electrons. The summed E-state index contributed by atoms with van der Waals surface area (Å²) in [7, 11) is -3.50. The molecule has 9 heteroatoms. The molecule has 1 saturated carbocycles. The van der Waals surface area contributed by atoms with E-state index in [0.29, 0.717) is 12.2 Å². The second-order valence-corrected chi connectivity index (χ2v) is 9.53. The van der Waals surface area contributed by atoms with E-state index in [9.17, 15) is 8.42 Å². The quantitative estimate of drug-likeness (QED) is 0.788. The maximum absolute atomic E-state index is 11.4. The van der Waals surface area contributed by atoms with Gasteiger partial charge >= 0.3 is 0 Å². The van der Waals surface area contributed by atoms with Crippen molar-refractivity contribution in [1.29, 1.82) is 0 Å². The lowest BCUT2D eigenvalue weighted by molar-refractivity contribution is -0.157. The highest BCUT2D eigenvalue weighted by atomic mass is 32.2. The van der Waals surface area contributed by atoms with Gasteiger partial charge in [0.25, 0.3) is 0 Å². The van der Waals surface area contributed by atoms with Gasteiger partial charge in [-0.1, -0.05) is 0 Å². The van der Waals surface area contributed by atoms with Crippen molar-refractivity contribution in [1.82, 2.24) is 9.97 Å². The molecular formula is C17H28N4O4S. The zero-order valence-corrected chi connectivity index (χ0v) is 16.8. The van der Waals surface area contributed by atoms with Gasteiger partial charge in [-0.2, -0.15) is 0 Å². The number of fused-ring (bicyclic) bond motifs is 1. The van der Waals surface area contributed by atoms with E-state index in [0.717, 1.165) is 23.5 Å². The molecule has 1 saturated heterocycles. The van der Waals surface area contributed by atoms with Gasteiger partial charge in [0.1, 0.15) is 17.7 Å². The Kier molecular flexibility index (Phi) is 5.02. The summed E-state index contributed by atoms with van der Waals surface area (Å²) in [4.78, 5) is 8.91. The van der Waals surface area contributed by atoms with Gasteiger partial charge in [0.2, 0.25) is 10.0 Å². The molecule has 0 spiro atoms. The van der Waals surface area contributed by atoms with Gasteiger partial charge in [0, 0.05) is 11.3 Å². The minimum absolute atomic E-state index is 0.0142. The average molecular weight is 385 g/mol. The monoisotopic (exact) mass is 384 g/mol. The van der Waals surface area contributed by atoms with E-state index in [2.05, 4.69) is 15.3 Å². The topological polar surface area (TPSA) is 116 Å². The summed E-state index contributed by atoms with van der Waals surface area (Å²) in [6, 6.07) is -0.0142. The lowest BCUT2D eigenvalue weighted by Crippen LogP contribution is -2.35. The summed E-state index contributed by atoms with van der Waals surface area (Å²) in [5.74, 6) is 0.811. The number of nitrogens with two attached hydrogens (primary N) is 1. The van der Waals surface area contributed by atoms with Crippen LogP contribution in [-0.2, 0) is 19.5 Å². The Balaban J connectivity index is 1.81. The van der Waals surface area contributed by atoms with Crippen LogP contribution >= 0.6 is 0 Å². The van der Waals surface area contributed by atoms with Crippen molar-refractivity contribution in [2.24, 2.45) is 11.1 Å². The Morgan fingerprint density at radius 3 is 2.50 bits per heavy atom. The van der Waals surface area contributed by atoms with Crippen LogP contribution in [0, 0.1) is 26.7 Å². The molecule has 2 heterocycles. The third-order valence-corrected chi connectivity index (χ3v) is 5.98. The maximum atomic E-state index is 11.4. The van der Waals surface area contributed by atoms with Crippen LogP contribution in [0.25, 0.3) is 0 Å². The summed E-state index contributed by atoms with van der Waals surface area (Å²) in [6.07, 6.45) is 0.875. The van der Waals surface area contributed by atoms with E-state index < -0.39 is 15.8 Å². The van der Waals surface area contributed by atoms with Crippen LogP contribution in [0.15, 0.2) is 0 Å². The van der Waals surface area contributed by atoms with E-state index in [1.165, 1.54) is 0 Å². The third-order valence-electron chi connectivity index (χ3n) is 5.18. The molecule has 4 atom stereocenters. The van der Waals surface area contributed by atoms with Gasteiger partial charge in [-0.15, -0.1) is 0 Å². The highest BCUT2D eigenvalue weighted by Gasteiger charge is 2.54. The first kappa shape index (κ1) is 19.5. The Bertz CT molecular complexity index is 796. The molecule has 3 rings (SSSR count). The summed E-state index contributed by atoms with van der Waals surface area (Å²) in [5, 5.41) is 8.67. The highest BCUT2D eigenvalue weighted by Crippen LogP contribution is 2.44. The largest absolute Gasteiger partial charge is 0.364 e. The molecule has 26 heavy (non-hydrogen) atoms. The standard InChI is InChI=1S/C17H28N4O4S/c1-9-10(2)19-11(3)20-16(9)21-13-8-12(6-7-26(18,22)23)14-15(13)25-17(4,5)24-14/h12-15H,6-8H2,1-5H3,(H2,18,22,23)(H,19,20,21)/t12-,13+,14+,15-/m0/s1. The summed E-state index contributed by atoms with van der Waals surface area (Å²) in [5.41, 5.74) is 1.93. The van der Waals surface area contributed by atoms with Crippen molar-refractivity contribution in [2.75, 3.05) is 11.1 Å². The minimum Gasteiger partial charge on any atom is -0.364 e. The van der Waals surface area contributed by atoms with Crippen molar-refractivity contribution in [3.8, 4) is 0 Å². The van der Waals surface area contributed by atoms with Crippen molar-refractivity contribution in [2.45, 2.75) is 71.5 Å². The van der Waals surface area contributed by atoms with Crippen LogP contribution in [0.3, 0.4) is 0 Å². The molecule has 8 nitrogen and oxygen atoms in total. The average Bonchev–Trinajstić information content (AvgIpc) is 2.96. The van der Waals surface area contributed by atoms with Gasteiger partial charge < -0.3 is 14.8 Å². The molecule has 1 aliphatic carbocycles. The first-order valence-electron chi connectivity index (χ1n) is 8.90. The summed E-state index contributed by atoms with van der Waals surface area (Å²) >= 11 is 0. The van der Waals surface area contributed by atoms with Crippen LogP contribution in [0.1, 0.15) is 43.8 Å². The number of aromatic nitrogens is 2. The van der Waals surface area contributed by atoms with Crippen LogP contribution in [-0.4, -0.2) is 48.2 Å². The van der Waals surface area contributed by atoms with E-state index in [-0.39, 0.29) is 29.9 Å². The molecule has 2 fully saturated rings. The number of nitrogens with one attached hydrogen (secondary N) is 1. The van der Waals surface area contributed by atoms with Gasteiger partial charge in [-0.05, 0) is 53.4 Å². The van der Waals surface area contributed by atoms with E-state index in [1.54, 1.807) is 0 Å². The van der Waals surface area contributed by atoms with Crippen molar-refractivity contribution in [3.63, 3.8) is 0 Å². The molecule has 2 aliphatic rings. The number of primary sulfonamides is 1. The smallest absolute Gasteiger partial charge is 0.209 e. The molecule has 0 aromatic carbocycles. The van der Waals surface area contributed by atoms with Crippen LogP contribution < -0.4 is 10.5 Å². The highest BCUT2D eigenvalue weighted by molar-refractivity contribution is 7.89. The van der Waals surface area contributed by atoms with Crippen LogP contribution in [0.5, 0.6) is 0 Å². The maximum Gasteiger partial charge on any atom is 0.209 e. The Morgan fingerprint density at radius 2 is 1.85 bits per heavy atom. The summed E-state index contributed by atoms with van der Waals surface area (Å²) in [6.45, 7) is 9.56. The number of ether oxygens (including phenoxy) is 2. The van der Waals surface area contributed by atoms with Crippen molar-refractivity contribution < 1.29 is 17.9 Å². The first-order chi connectivity index (χ1) is 12.0. The van der Waals surface area contributed by atoms with E-state index in [4.69, 9.17) is 14.6 Å². The third kappa shape index (κ3) is 4.16. The lowest BCUT2D eigenvalue weighted by atomic mass is 10.0.